The summed E-state index contributed by atoms with van der Waals surface area (Å²) in [5, 5.41) is 0. The molecular weight excluding hydrogens is 142 g/mol. The van der Waals surface area contributed by atoms with Crippen LogP contribution in [0.15, 0.2) is 4.99 Å². The van der Waals surface area contributed by atoms with Gasteiger partial charge in [-0.3, -0.25) is 4.99 Å². The molecule has 0 spiro atoms. The van der Waals surface area contributed by atoms with Crippen molar-refractivity contribution in [1.29, 1.82) is 0 Å². The largest absolute Gasteiger partial charge is 0.367 e. The minimum absolute atomic E-state index is 0.0833. The number of hydrogen-bond donors (Lipinski definition) is 2. The van der Waals surface area contributed by atoms with Crippen LogP contribution in [0.3, 0.4) is 0 Å². The molecule has 0 aromatic heterocycles. The summed E-state index contributed by atoms with van der Waals surface area (Å²) in [6.07, 6.45) is 2.52. The summed E-state index contributed by atoms with van der Waals surface area (Å²) in [5.41, 5.74) is 2.54. The van der Waals surface area contributed by atoms with Crippen LogP contribution in [0.25, 0.3) is 0 Å². The van der Waals surface area contributed by atoms with E-state index in [0.717, 1.165) is 18.7 Å². The second-order valence-electron chi connectivity index (χ2n) is 2.77. The van der Waals surface area contributed by atoms with Crippen molar-refractivity contribution in [2.45, 2.75) is 32.0 Å². The highest BCUT2D eigenvalue weighted by molar-refractivity contribution is 5.86. The Hall–Kier alpha value is -0.610. The topological polar surface area (TPSA) is 59.6 Å². The van der Waals surface area contributed by atoms with Crippen molar-refractivity contribution in [3.8, 4) is 0 Å². The molecule has 0 saturated carbocycles. The third kappa shape index (κ3) is 1.91. The predicted molar refractivity (Wildman–Crippen MR) is 44.3 cm³/mol. The lowest BCUT2D eigenvalue weighted by atomic mass is 10.2. The maximum atomic E-state index is 5.53. The van der Waals surface area contributed by atoms with Gasteiger partial charge in [-0.2, -0.15) is 0 Å². The van der Waals surface area contributed by atoms with Crippen LogP contribution >= 0.6 is 0 Å². The van der Waals surface area contributed by atoms with Crippen LogP contribution in [0.2, 0.25) is 0 Å². The number of nitrogens with one attached hydrogen (secondary N) is 1. The van der Waals surface area contributed by atoms with E-state index in [1.165, 1.54) is 0 Å². The van der Waals surface area contributed by atoms with Gasteiger partial charge in [-0.25, -0.2) is 5.84 Å². The third-order valence-electron chi connectivity index (χ3n) is 1.93. The van der Waals surface area contributed by atoms with Crippen molar-refractivity contribution in [3.63, 3.8) is 0 Å². The average molecular weight is 157 g/mol. The SMILES string of the molecule is CN=C(NN)C1CCC(C)O1. The number of nitrogens with two attached hydrogens (primary N) is 1. The van der Waals surface area contributed by atoms with Crippen molar-refractivity contribution in [3.05, 3.63) is 0 Å². The summed E-state index contributed by atoms with van der Waals surface area (Å²) < 4.78 is 5.53. The first-order valence-corrected chi connectivity index (χ1v) is 3.86. The molecule has 0 aromatic rings. The van der Waals surface area contributed by atoms with Crippen molar-refractivity contribution in [2.24, 2.45) is 10.8 Å². The Bertz CT molecular complexity index is 158. The molecule has 0 bridgehead atoms. The number of nitrogens with zero attached hydrogens (tertiary/aromatic N) is 1. The Morgan fingerprint density at radius 2 is 2.36 bits per heavy atom. The summed E-state index contributed by atoms with van der Waals surface area (Å²) in [5.74, 6) is 5.99. The fraction of sp³-hybridized carbons (Fsp3) is 0.857. The van der Waals surface area contributed by atoms with Crippen LogP contribution in [0, 0.1) is 0 Å². The maximum Gasteiger partial charge on any atom is 0.140 e. The van der Waals surface area contributed by atoms with Gasteiger partial charge in [0.2, 0.25) is 0 Å². The molecule has 1 fully saturated rings. The molecular formula is C7H15N3O. The summed E-state index contributed by atoms with van der Waals surface area (Å²) >= 11 is 0. The minimum atomic E-state index is 0.0833. The molecule has 2 unspecified atom stereocenters. The summed E-state index contributed by atoms with van der Waals surface area (Å²) in [6.45, 7) is 2.06. The van der Waals surface area contributed by atoms with E-state index in [1.807, 2.05) is 0 Å². The Morgan fingerprint density at radius 1 is 1.64 bits per heavy atom. The van der Waals surface area contributed by atoms with E-state index in [9.17, 15) is 0 Å². The van der Waals surface area contributed by atoms with Gasteiger partial charge in [0.25, 0.3) is 0 Å². The second-order valence-corrected chi connectivity index (χ2v) is 2.77. The summed E-state index contributed by atoms with van der Waals surface area (Å²) in [6, 6.07) is 0. The van der Waals surface area contributed by atoms with E-state index >= 15 is 0 Å². The third-order valence-corrected chi connectivity index (χ3v) is 1.93. The quantitative estimate of drug-likeness (QED) is 0.244. The van der Waals surface area contributed by atoms with Gasteiger partial charge in [0.05, 0.1) is 6.10 Å². The van der Waals surface area contributed by atoms with E-state index in [2.05, 4.69) is 17.3 Å². The molecule has 4 nitrogen and oxygen atoms in total. The van der Waals surface area contributed by atoms with Gasteiger partial charge in [-0.05, 0) is 19.8 Å². The molecule has 3 N–H and O–H groups in total. The van der Waals surface area contributed by atoms with Crippen molar-refractivity contribution in [1.82, 2.24) is 5.43 Å². The molecule has 11 heavy (non-hydrogen) atoms. The normalized spacial score (nSPS) is 32.5. The molecule has 1 aliphatic rings. The Labute approximate surface area is 66.8 Å². The van der Waals surface area contributed by atoms with E-state index in [0.29, 0.717) is 6.10 Å². The van der Waals surface area contributed by atoms with E-state index in [4.69, 9.17) is 10.6 Å². The number of rotatable bonds is 1. The number of hydrogen-bond acceptors (Lipinski definition) is 3. The first kappa shape index (κ1) is 8.49. The molecule has 4 heteroatoms. The molecule has 1 rings (SSSR count). The van der Waals surface area contributed by atoms with Crippen LogP contribution in [-0.4, -0.2) is 25.1 Å². The van der Waals surface area contributed by atoms with Gasteiger partial charge in [-0.1, -0.05) is 0 Å². The van der Waals surface area contributed by atoms with Gasteiger partial charge in [0.1, 0.15) is 11.9 Å². The summed E-state index contributed by atoms with van der Waals surface area (Å²) in [4.78, 5) is 3.98. The van der Waals surface area contributed by atoms with Gasteiger partial charge in [-0.15, -0.1) is 0 Å². The Morgan fingerprint density at radius 3 is 2.73 bits per heavy atom. The van der Waals surface area contributed by atoms with Gasteiger partial charge in [0.15, 0.2) is 0 Å². The fourth-order valence-electron chi connectivity index (χ4n) is 1.31. The monoisotopic (exact) mass is 157 g/mol. The molecule has 1 saturated heterocycles. The molecule has 0 amide bonds. The predicted octanol–water partition coefficient (Wildman–Crippen LogP) is 0.0455. The van der Waals surface area contributed by atoms with Crippen LogP contribution in [0.5, 0.6) is 0 Å². The Kier molecular flexibility index (Phi) is 2.84. The van der Waals surface area contributed by atoms with Crippen LogP contribution in [-0.2, 0) is 4.74 Å². The smallest absolute Gasteiger partial charge is 0.140 e. The standard InChI is InChI=1S/C7H15N3O/c1-5-3-4-6(11-5)7(9-2)10-8/h5-6H,3-4,8H2,1-2H3,(H,9,10). The number of amidine groups is 1. The maximum absolute atomic E-state index is 5.53. The van der Waals surface area contributed by atoms with Crippen molar-refractivity contribution < 1.29 is 4.74 Å². The van der Waals surface area contributed by atoms with Crippen LogP contribution < -0.4 is 11.3 Å². The Balaban J connectivity index is 2.48. The average Bonchev–Trinajstić information content (AvgIpc) is 2.39. The molecule has 2 atom stereocenters. The second kappa shape index (κ2) is 3.69. The van der Waals surface area contributed by atoms with Gasteiger partial charge >= 0.3 is 0 Å². The molecule has 1 heterocycles. The highest BCUT2D eigenvalue weighted by Crippen LogP contribution is 2.19. The van der Waals surface area contributed by atoms with Crippen LogP contribution in [0.1, 0.15) is 19.8 Å². The van der Waals surface area contributed by atoms with Crippen molar-refractivity contribution >= 4 is 5.84 Å². The first-order chi connectivity index (χ1) is 5.27. The zero-order valence-corrected chi connectivity index (χ0v) is 7.00. The lowest BCUT2D eigenvalue weighted by Gasteiger charge is -2.12. The van der Waals surface area contributed by atoms with E-state index in [-0.39, 0.29) is 6.10 Å². The van der Waals surface area contributed by atoms with Gasteiger partial charge < -0.3 is 10.2 Å². The zero-order chi connectivity index (χ0) is 8.27. The lowest BCUT2D eigenvalue weighted by molar-refractivity contribution is 0.0917. The van der Waals surface area contributed by atoms with Crippen LogP contribution in [0.4, 0.5) is 0 Å². The lowest BCUT2D eigenvalue weighted by Crippen LogP contribution is -2.39. The minimum Gasteiger partial charge on any atom is -0.367 e. The highest BCUT2D eigenvalue weighted by Gasteiger charge is 2.25. The summed E-state index contributed by atoms with van der Waals surface area (Å²) in [7, 11) is 1.71. The fourth-order valence-corrected chi connectivity index (χ4v) is 1.31. The molecule has 64 valence electrons. The number of aliphatic imine (C=N–C) groups is 1. The molecule has 0 aliphatic carbocycles. The number of ether oxygens (including phenoxy) is 1. The van der Waals surface area contributed by atoms with E-state index < -0.39 is 0 Å². The van der Waals surface area contributed by atoms with Crippen molar-refractivity contribution in [2.75, 3.05) is 7.05 Å². The molecule has 0 radical (unpaired) electrons. The van der Waals surface area contributed by atoms with E-state index in [1.54, 1.807) is 7.05 Å². The zero-order valence-electron chi connectivity index (χ0n) is 7.00. The molecule has 0 aromatic carbocycles. The highest BCUT2D eigenvalue weighted by atomic mass is 16.5. The number of hydrazine groups is 1. The molecule has 1 aliphatic heterocycles. The van der Waals surface area contributed by atoms with Gasteiger partial charge in [0, 0.05) is 7.05 Å². The first-order valence-electron chi connectivity index (χ1n) is 3.86.